The van der Waals surface area contributed by atoms with E-state index < -0.39 is 5.97 Å². The van der Waals surface area contributed by atoms with Gasteiger partial charge >= 0.3 is 5.97 Å². The SMILES string of the molecule is CCCCC(CC)Cn1c2ccc(C)cc2c2cc(/C(=N/OC(C)=O)c3ccc(OC(C)COC)cc3C)ccc21. The Morgan fingerprint density at radius 2 is 1.71 bits per heavy atom. The van der Waals surface area contributed by atoms with E-state index in [0.717, 1.165) is 35.4 Å². The lowest BCUT2D eigenvalue weighted by atomic mass is 9.96. The zero-order valence-electron chi connectivity index (χ0n) is 25.6. The van der Waals surface area contributed by atoms with Crippen LogP contribution in [0.4, 0.5) is 0 Å². The number of rotatable bonds is 13. The topological polar surface area (TPSA) is 62.1 Å². The summed E-state index contributed by atoms with van der Waals surface area (Å²) in [4.78, 5) is 17.0. The van der Waals surface area contributed by atoms with Gasteiger partial charge < -0.3 is 18.9 Å². The standard InChI is InChI=1S/C35H44N2O4/c1-8-10-11-27(9-2)21-37-33-16-12-23(3)18-31(33)32-20-28(13-17-34(32)37)35(36-41-26(6)38)30-15-14-29(19-24(30)4)40-25(5)22-39-7/h12-20,25,27H,8-11,21-22H2,1-7H3/b36-35-. The molecule has 41 heavy (non-hydrogen) atoms. The lowest BCUT2D eigenvalue weighted by Crippen LogP contribution is -2.18. The van der Waals surface area contributed by atoms with Crippen LogP contribution in [-0.2, 0) is 20.9 Å². The van der Waals surface area contributed by atoms with Gasteiger partial charge in [-0.3, -0.25) is 0 Å². The van der Waals surface area contributed by atoms with Gasteiger partial charge in [0.1, 0.15) is 17.6 Å². The molecule has 0 aliphatic carbocycles. The minimum absolute atomic E-state index is 0.0723. The van der Waals surface area contributed by atoms with Gasteiger partial charge in [-0.05, 0) is 81.1 Å². The van der Waals surface area contributed by atoms with E-state index in [9.17, 15) is 4.79 Å². The number of aryl methyl sites for hydroxylation is 2. The van der Waals surface area contributed by atoms with Crippen LogP contribution in [0.1, 0.15) is 75.6 Å². The van der Waals surface area contributed by atoms with Crippen LogP contribution in [0.3, 0.4) is 0 Å². The summed E-state index contributed by atoms with van der Waals surface area (Å²) in [7, 11) is 1.66. The van der Waals surface area contributed by atoms with Crippen molar-refractivity contribution in [3.05, 3.63) is 76.9 Å². The van der Waals surface area contributed by atoms with Crippen molar-refractivity contribution in [1.29, 1.82) is 0 Å². The molecule has 0 N–H and O–H groups in total. The molecule has 6 heteroatoms. The summed E-state index contributed by atoms with van der Waals surface area (Å²) in [5, 5.41) is 6.75. The number of nitrogens with zero attached hydrogens (tertiary/aromatic N) is 2. The first kappa shape index (κ1) is 30.3. The maximum atomic E-state index is 11.8. The van der Waals surface area contributed by atoms with Crippen molar-refractivity contribution in [1.82, 2.24) is 4.57 Å². The van der Waals surface area contributed by atoms with Crippen LogP contribution in [0.15, 0.2) is 59.8 Å². The van der Waals surface area contributed by atoms with Gasteiger partial charge in [-0.15, -0.1) is 0 Å². The summed E-state index contributed by atoms with van der Waals surface area (Å²) in [5.74, 6) is 0.926. The van der Waals surface area contributed by atoms with E-state index in [-0.39, 0.29) is 6.10 Å². The number of ether oxygens (including phenoxy) is 2. The largest absolute Gasteiger partial charge is 0.488 e. The Morgan fingerprint density at radius 3 is 2.37 bits per heavy atom. The molecule has 1 heterocycles. The fraction of sp³-hybridized carbons (Fsp3) is 0.429. The van der Waals surface area contributed by atoms with E-state index in [1.807, 2.05) is 32.0 Å². The average molecular weight is 557 g/mol. The van der Waals surface area contributed by atoms with Crippen LogP contribution in [0, 0.1) is 19.8 Å². The van der Waals surface area contributed by atoms with Crippen molar-refractivity contribution in [3.8, 4) is 5.75 Å². The molecule has 0 amide bonds. The highest BCUT2D eigenvalue weighted by molar-refractivity contribution is 6.17. The van der Waals surface area contributed by atoms with Gasteiger partial charge in [-0.2, -0.15) is 0 Å². The molecule has 2 unspecified atom stereocenters. The summed E-state index contributed by atoms with van der Waals surface area (Å²) >= 11 is 0. The van der Waals surface area contributed by atoms with Crippen molar-refractivity contribution < 1.29 is 19.1 Å². The van der Waals surface area contributed by atoms with Crippen molar-refractivity contribution in [2.45, 2.75) is 79.9 Å². The number of carbonyl (C=O) groups is 1. The highest BCUT2D eigenvalue weighted by Crippen LogP contribution is 2.33. The van der Waals surface area contributed by atoms with Crippen molar-refractivity contribution in [3.63, 3.8) is 0 Å². The fourth-order valence-electron chi connectivity index (χ4n) is 5.58. The monoisotopic (exact) mass is 556 g/mol. The highest BCUT2D eigenvalue weighted by Gasteiger charge is 2.19. The third-order valence-electron chi connectivity index (χ3n) is 7.73. The second-order valence-corrected chi connectivity index (χ2v) is 11.2. The number of methoxy groups -OCH3 is 1. The number of carbonyl (C=O) groups excluding carboxylic acids is 1. The van der Waals surface area contributed by atoms with Gasteiger partial charge in [0.2, 0.25) is 0 Å². The Labute approximate surface area is 244 Å². The van der Waals surface area contributed by atoms with E-state index in [1.54, 1.807) is 7.11 Å². The number of hydrogen-bond acceptors (Lipinski definition) is 5. The van der Waals surface area contributed by atoms with Crippen molar-refractivity contribution >= 4 is 33.5 Å². The van der Waals surface area contributed by atoms with Crippen LogP contribution in [0.25, 0.3) is 21.8 Å². The van der Waals surface area contributed by atoms with Crippen LogP contribution < -0.4 is 4.74 Å². The van der Waals surface area contributed by atoms with Gasteiger partial charge in [0.15, 0.2) is 0 Å². The third kappa shape index (κ3) is 7.17. The first-order valence-electron chi connectivity index (χ1n) is 14.8. The fourth-order valence-corrected chi connectivity index (χ4v) is 5.58. The predicted octanol–water partition coefficient (Wildman–Crippen LogP) is 8.36. The Kier molecular flexibility index (Phi) is 10.2. The van der Waals surface area contributed by atoms with E-state index in [1.165, 1.54) is 53.6 Å². The molecule has 6 nitrogen and oxygen atoms in total. The molecule has 0 aliphatic heterocycles. The van der Waals surface area contributed by atoms with Crippen LogP contribution in [0.2, 0.25) is 0 Å². The van der Waals surface area contributed by atoms with Crippen molar-refractivity contribution in [2.75, 3.05) is 13.7 Å². The van der Waals surface area contributed by atoms with Gasteiger partial charge in [-0.1, -0.05) is 56.0 Å². The number of benzene rings is 3. The maximum absolute atomic E-state index is 11.8. The second kappa shape index (κ2) is 13.8. The molecule has 4 rings (SSSR count). The van der Waals surface area contributed by atoms with E-state index in [2.05, 4.69) is 66.9 Å². The molecule has 0 saturated carbocycles. The lowest BCUT2D eigenvalue weighted by molar-refractivity contribution is -0.140. The Morgan fingerprint density at radius 1 is 0.976 bits per heavy atom. The molecule has 0 radical (unpaired) electrons. The van der Waals surface area contributed by atoms with Crippen LogP contribution >= 0.6 is 0 Å². The lowest BCUT2D eigenvalue weighted by Gasteiger charge is -2.18. The Balaban J connectivity index is 1.82. The van der Waals surface area contributed by atoms with Gasteiger partial charge in [0, 0.05) is 53.5 Å². The van der Waals surface area contributed by atoms with Crippen LogP contribution in [0.5, 0.6) is 5.75 Å². The van der Waals surface area contributed by atoms with Crippen LogP contribution in [-0.4, -0.2) is 36.1 Å². The molecular formula is C35H44N2O4. The molecule has 2 atom stereocenters. The normalized spacial score (nSPS) is 13.5. The third-order valence-corrected chi connectivity index (χ3v) is 7.73. The quantitative estimate of drug-likeness (QED) is 0.0943. The summed E-state index contributed by atoms with van der Waals surface area (Å²) in [5.41, 5.74) is 7.03. The summed E-state index contributed by atoms with van der Waals surface area (Å²) in [6.07, 6.45) is 4.80. The number of fused-ring (bicyclic) bond motifs is 3. The van der Waals surface area contributed by atoms with Gasteiger partial charge in [0.25, 0.3) is 0 Å². The number of unbranched alkanes of at least 4 members (excludes halogenated alkanes) is 1. The first-order valence-corrected chi connectivity index (χ1v) is 14.8. The molecular weight excluding hydrogens is 512 g/mol. The second-order valence-electron chi connectivity index (χ2n) is 11.2. The van der Waals surface area contributed by atoms with E-state index in [4.69, 9.17) is 14.3 Å². The molecule has 0 fully saturated rings. The minimum Gasteiger partial charge on any atom is -0.488 e. The molecule has 0 saturated heterocycles. The van der Waals surface area contributed by atoms with E-state index in [0.29, 0.717) is 18.2 Å². The van der Waals surface area contributed by atoms with E-state index >= 15 is 0 Å². The summed E-state index contributed by atoms with van der Waals surface area (Å²) < 4.78 is 13.7. The number of oxime groups is 1. The summed E-state index contributed by atoms with van der Waals surface area (Å²) in [6, 6.07) is 19.1. The van der Waals surface area contributed by atoms with Crippen molar-refractivity contribution in [2.24, 2.45) is 11.1 Å². The van der Waals surface area contributed by atoms with Gasteiger partial charge in [0.05, 0.1) is 6.61 Å². The molecule has 0 spiro atoms. The molecule has 0 bridgehead atoms. The predicted molar refractivity (Wildman–Crippen MR) is 168 cm³/mol. The molecule has 0 aliphatic rings. The Hall–Kier alpha value is -3.64. The molecule has 1 aromatic heterocycles. The first-order chi connectivity index (χ1) is 19.7. The number of hydrogen-bond donors (Lipinski definition) is 0. The highest BCUT2D eigenvalue weighted by atomic mass is 16.7. The smallest absolute Gasteiger partial charge is 0.332 e. The Bertz CT molecular complexity index is 1530. The summed E-state index contributed by atoms with van der Waals surface area (Å²) in [6.45, 7) is 13.5. The average Bonchev–Trinajstić information content (AvgIpc) is 3.23. The zero-order chi connectivity index (χ0) is 29.5. The minimum atomic E-state index is -0.459. The zero-order valence-corrected chi connectivity index (χ0v) is 25.6. The number of aromatic nitrogens is 1. The molecule has 218 valence electrons. The molecule has 3 aromatic carbocycles. The molecule has 4 aromatic rings. The van der Waals surface area contributed by atoms with Gasteiger partial charge in [-0.25, -0.2) is 4.79 Å². The maximum Gasteiger partial charge on any atom is 0.332 e.